The second-order valence-corrected chi connectivity index (χ2v) is 6.56. The van der Waals surface area contributed by atoms with Gasteiger partial charge in [-0.2, -0.15) is 0 Å². The second-order valence-electron chi connectivity index (χ2n) is 6.56. The van der Waals surface area contributed by atoms with Crippen LogP contribution >= 0.6 is 0 Å². The lowest BCUT2D eigenvalue weighted by atomic mass is 9.95. The average Bonchev–Trinajstić information content (AvgIpc) is 3.21. The topological polar surface area (TPSA) is 76.1 Å². The monoisotopic (exact) mass is 317 g/mol. The first-order valence-corrected chi connectivity index (χ1v) is 8.03. The highest BCUT2D eigenvalue weighted by Gasteiger charge is 2.48. The van der Waals surface area contributed by atoms with Crippen molar-refractivity contribution in [3.8, 4) is 11.5 Å². The number of fused-ring (bicyclic) bond motifs is 3. The van der Waals surface area contributed by atoms with Gasteiger partial charge in [-0.1, -0.05) is 6.07 Å². The molecule has 1 aromatic rings. The standard InChI is InChI=1S/C17H19NO5/c19-16(6-10-1-4-14-15(5-10)23-9-22-14)18-12-3-2-11(7-12)13(18)8-17(20)21/h1,4-5,11-13H,2-3,6-9H2,(H,20,21)/t11-,12+,13+/m0/s1. The van der Waals surface area contributed by atoms with E-state index in [1.54, 1.807) is 0 Å². The molecule has 3 atom stereocenters. The van der Waals surface area contributed by atoms with Gasteiger partial charge in [-0.25, -0.2) is 0 Å². The number of rotatable bonds is 4. The zero-order valence-corrected chi connectivity index (χ0v) is 12.7. The summed E-state index contributed by atoms with van der Waals surface area (Å²) in [5.41, 5.74) is 0.871. The normalized spacial score (nSPS) is 27.5. The Labute approximate surface area is 134 Å². The maximum atomic E-state index is 12.8. The Morgan fingerprint density at radius 2 is 2.04 bits per heavy atom. The predicted molar refractivity (Wildman–Crippen MR) is 80.3 cm³/mol. The highest BCUT2D eigenvalue weighted by Crippen LogP contribution is 2.44. The van der Waals surface area contributed by atoms with Gasteiger partial charge in [0, 0.05) is 12.1 Å². The molecule has 0 spiro atoms. The van der Waals surface area contributed by atoms with Gasteiger partial charge in [0.05, 0.1) is 12.8 Å². The maximum absolute atomic E-state index is 12.8. The largest absolute Gasteiger partial charge is 0.481 e. The number of nitrogens with zero attached hydrogens (tertiary/aromatic N) is 1. The summed E-state index contributed by atoms with van der Waals surface area (Å²) < 4.78 is 10.6. The molecular weight excluding hydrogens is 298 g/mol. The number of hydrogen-bond acceptors (Lipinski definition) is 4. The van der Waals surface area contributed by atoms with Crippen molar-refractivity contribution in [2.75, 3.05) is 6.79 Å². The summed E-state index contributed by atoms with van der Waals surface area (Å²) >= 11 is 0. The van der Waals surface area contributed by atoms with E-state index in [2.05, 4.69) is 0 Å². The fourth-order valence-corrected chi connectivity index (χ4v) is 4.24. The number of piperidine rings is 1. The van der Waals surface area contributed by atoms with Gasteiger partial charge in [-0.05, 0) is 42.9 Å². The van der Waals surface area contributed by atoms with E-state index >= 15 is 0 Å². The summed E-state index contributed by atoms with van der Waals surface area (Å²) in [6.45, 7) is 0.212. The first-order valence-electron chi connectivity index (χ1n) is 8.03. The summed E-state index contributed by atoms with van der Waals surface area (Å²) in [4.78, 5) is 25.7. The molecule has 1 aliphatic carbocycles. The highest BCUT2D eigenvalue weighted by molar-refractivity contribution is 5.81. The van der Waals surface area contributed by atoms with Crippen LogP contribution in [0.2, 0.25) is 0 Å². The second kappa shape index (κ2) is 5.44. The first-order chi connectivity index (χ1) is 11.1. The van der Waals surface area contributed by atoms with Crippen molar-refractivity contribution < 1.29 is 24.2 Å². The van der Waals surface area contributed by atoms with Crippen LogP contribution in [0, 0.1) is 5.92 Å². The van der Waals surface area contributed by atoms with Crippen molar-refractivity contribution in [1.82, 2.24) is 4.90 Å². The lowest BCUT2D eigenvalue weighted by Crippen LogP contribution is -2.46. The molecule has 1 saturated heterocycles. The number of carboxylic acids is 1. The van der Waals surface area contributed by atoms with E-state index in [-0.39, 0.29) is 37.6 Å². The molecule has 4 rings (SSSR count). The average molecular weight is 317 g/mol. The Balaban J connectivity index is 1.50. The number of hydrogen-bond donors (Lipinski definition) is 1. The third-order valence-electron chi connectivity index (χ3n) is 5.20. The molecule has 2 fully saturated rings. The van der Waals surface area contributed by atoms with E-state index < -0.39 is 5.97 Å². The number of carbonyl (C=O) groups is 2. The number of ether oxygens (including phenoxy) is 2. The van der Waals surface area contributed by atoms with Crippen molar-refractivity contribution in [3.63, 3.8) is 0 Å². The minimum atomic E-state index is -0.830. The lowest BCUT2D eigenvalue weighted by Gasteiger charge is -2.34. The van der Waals surface area contributed by atoms with Crippen LogP contribution in [-0.4, -0.2) is 40.8 Å². The molecule has 6 nitrogen and oxygen atoms in total. The van der Waals surface area contributed by atoms with E-state index in [0.29, 0.717) is 17.4 Å². The molecule has 1 aromatic carbocycles. The van der Waals surface area contributed by atoms with Crippen LogP contribution in [0.15, 0.2) is 18.2 Å². The molecule has 2 bridgehead atoms. The molecular formula is C17H19NO5. The fraction of sp³-hybridized carbons (Fsp3) is 0.529. The summed E-state index contributed by atoms with van der Waals surface area (Å²) in [7, 11) is 0. The van der Waals surface area contributed by atoms with E-state index in [4.69, 9.17) is 14.6 Å². The van der Waals surface area contributed by atoms with E-state index in [0.717, 1.165) is 24.8 Å². The number of carboxylic acid groups (broad SMARTS) is 1. The molecule has 0 radical (unpaired) electrons. The summed E-state index contributed by atoms with van der Waals surface area (Å²) in [5, 5.41) is 9.13. The molecule has 3 aliphatic rings. The fourth-order valence-electron chi connectivity index (χ4n) is 4.24. The number of carbonyl (C=O) groups excluding carboxylic acids is 1. The van der Waals surface area contributed by atoms with Crippen molar-refractivity contribution in [2.45, 2.75) is 44.2 Å². The summed E-state index contributed by atoms with van der Waals surface area (Å²) in [5.74, 6) is 0.896. The number of benzene rings is 1. The van der Waals surface area contributed by atoms with Gasteiger partial charge in [0.2, 0.25) is 12.7 Å². The SMILES string of the molecule is O=C(O)C[C@@H]1[C@H]2CC[C@H](C2)N1C(=O)Cc1ccc2c(c1)OCO2. The van der Waals surface area contributed by atoms with Crippen LogP contribution in [-0.2, 0) is 16.0 Å². The zero-order chi connectivity index (χ0) is 16.0. The third-order valence-corrected chi connectivity index (χ3v) is 5.20. The minimum Gasteiger partial charge on any atom is -0.481 e. The Morgan fingerprint density at radius 3 is 2.87 bits per heavy atom. The van der Waals surface area contributed by atoms with Crippen LogP contribution in [0.5, 0.6) is 11.5 Å². The molecule has 2 aliphatic heterocycles. The van der Waals surface area contributed by atoms with Gasteiger partial charge in [-0.15, -0.1) is 0 Å². The summed E-state index contributed by atoms with van der Waals surface area (Å²) in [6, 6.07) is 5.58. The molecule has 0 aromatic heterocycles. The quantitative estimate of drug-likeness (QED) is 0.916. The number of amides is 1. The Kier molecular flexibility index (Phi) is 3.39. The molecule has 122 valence electrons. The molecule has 2 heterocycles. The molecule has 1 N–H and O–H groups in total. The maximum Gasteiger partial charge on any atom is 0.305 e. The summed E-state index contributed by atoms with van der Waals surface area (Å²) in [6.07, 6.45) is 3.30. The van der Waals surface area contributed by atoms with Crippen LogP contribution in [0.25, 0.3) is 0 Å². The minimum absolute atomic E-state index is 0.0160. The van der Waals surface area contributed by atoms with Crippen molar-refractivity contribution in [2.24, 2.45) is 5.92 Å². The highest BCUT2D eigenvalue weighted by atomic mass is 16.7. The predicted octanol–water partition coefficient (Wildman–Crippen LogP) is 1.81. The number of aliphatic carboxylic acids is 1. The first kappa shape index (κ1) is 14.4. The molecule has 1 saturated carbocycles. The van der Waals surface area contributed by atoms with Gasteiger partial charge in [0.1, 0.15) is 0 Å². The van der Waals surface area contributed by atoms with Gasteiger partial charge in [-0.3, -0.25) is 9.59 Å². The van der Waals surface area contributed by atoms with Gasteiger partial charge >= 0.3 is 5.97 Å². The molecule has 6 heteroatoms. The lowest BCUT2D eigenvalue weighted by molar-refractivity contribution is -0.141. The van der Waals surface area contributed by atoms with Crippen LogP contribution in [0.3, 0.4) is 0 Å². The van der Waals surface area contributed by atoms with E-state index in [1.165, 1.54) is 0 Å². The van der Waals surface area contributed by atoms with Crippen molar-refractivity contribution in [1.29, 1.82) is 0 Å². The third kappa shape index (κ3) is 2.52. The Morgan fingerprint density at radius 1 is 1.22 bits per heavy atom. The van der Waals surface area contributed by atoms with Crippen LogP contribution in [0.1, 0.15) is 31.2 Å². The van der Waals surface area contributed by atoms with E-state index in [9.17, 15) is 9.59 Å². The van der Waals surface area contributed by atoms with Crippen LogP contribution in [0.4, 0.5) is 0 Å². The van der Waals surface area contributed by atoms with Gasteiger partial charge < -0.3 is 19.5 Å². The van der Waals surface area contributed by atoms with Gasteiger partial charge in [0.25, 0.3) is 0 Å². The van der Waals surface area contributed by atoms with Gasteiger partial charge in [0.15, 0.2) is 11.5 Å². The Hall–Kier alpha value is -2.24. The Bertz CT molecular complexity index is 658. The van der Waals surface area contributed by atoms with Crippen molar-refractivity contribution in [3.05, 3.63) is 23.8 Å². The van der Waals surface area contributed by atoms with E-state index in [1.807, 2.05) is 23.1 Å². The molecule has 23 heavy (non-hydrogen) atoms. The van der Waals surface area contributed by atoms with Crippen molar-refractivity contribution >= 4 is 11.9 Å². The molecule has 0 unspecified atom stereocenters. The van der Waals surface area contributed by atoms with Crippen LogP contribution < -0.4 is 9.47 Å². The number of likely N-dealkylation sites (tertiary alicyclic amines) is 1. The smallest absolute Gasteiger partial charge is 0.305 e. The molecule has 1 amide bonds. The zero-order valence-electron chi connectivity index (χ0n) is 12.7.